The Hall–Kier alpha value is -2.38. The summed E-state index contributed by atoms with van der Waals surface area (Å²) in [5, 5.41) is 0. The van der Waals surface area contributed by atoms with E-state index in [4.69, 9.17) is 0 Å². The van der Waals surface area contributed by atoms with E-state index in [0.717, 1.165) is 17.8 Å². The summed E-state index contributed by atoms with van der Waals surface area (Å²) < 4.78 is 27.4. The highest BCUT2D eigenvalue weighted by atomic mass is 32.2. The van der Waals surface area contributed by atoms with E-state index in [1.807, 2.05) is 43.4 Å². The van der Waals surface area contributed by atoms with Gasteiger partial charge in [-0.15, -0.1) is 0 Å². The summed E-state index contributed by atoms with van der Waals surface area (Å²) in [7, 11) is -1.54. The lowest BCUT2D eigenvalue weighted by molar-refractivity contribution is 0.0698. The minimum Gasteiger partial charge on any atom is -0.375 e. The van der Waals surface area contributed by atoms with Crippen molar-refractivity contribution >= 4 is 21.6 Å². The summed E-state index contributed by atoms with van der Waals surface area (Å²) >= 11 is 0. The molecule has 1 amide bonds. The van der Waals surface area contributed by atoms with Gasteiger partial charge in [-0.3, -0.25) is 4.79 Å². The molecule has 162 valence electrons. The van der Waals surface area contributed by atoms with Crippen LogP contribution in [0.3, 0.4) is 0 Å². The predicted molar refractivity (Wildman–Crippen MR) is 121 cm³/mol. The lowest BCUT2D eigenvalue weighted by Crippen LogP contribution is -2.50. The zero-order valence-corrected chi connectivity index (χ0v) is 19.0. The molecule has 2 aromatic carbocycles. The van der Waals surface area contributed by atoms with E-state index in [1.165, 1.54) is 4.31 Å². The number of piperazine rings is 1. The Kier molecular flexibility index (Phi) is 6.83. The molecule has 2 aromatic rings. The van der Waals surface area contributed by atoms with Crippen molar-refractivity contribution in [2.45, 2.75) is 31.6 Å². The maximum absolute atomic E-state index is 13.0. The lowest BCUT2D eigenvalue weighted by atomic mass is 10.0. The second-order valence-electron chi connectivity index (χ2n) is 7.98. The third-order valence-electron chi connectivity index (χ3n) is 5.74. The Morgan fingerprint density at radius 3 is 2.03 bits per heavy atom. The zero-order chi connectivity index (χ0) is 21.9. The summed E-state index contributed by atoms with van der Waals surface area (Å²) in [4.78, 5) is 17.0. The first-order valence-corrected chi connectivity index (χ1v) is 11.9. The van der Waals surface area contributed by atoms with Crippen LogP contribution in [0.5, 0.6) is 0 Å². The van der Waals surface area contributed by atoms with Crippen molar-refractivity contribution in [1.29, 1.82) is 0 Å². The molecule has 30 heavy (non-hydrogen) atoms. The number of carbonyl (C=O) groups excluding carboxylic acids is 1. The molecule has 0 N–H and O–H groups in total. The molecule has 0 aliphatic carbocycles. The first-order chi connectivity index (χ1) is 14.2. The van der Waals surface area contributed by atoms with Crippen LogP contribution in [0.25, 0.3) is 0 Å². The molecule has 0 atom stereocenters. The minimum absolute atomic E-state index is 0.0564. The molecule has 0 saturated carbocycles. The van der Waals surface area contributed by atoms with Crippen LogP contribution in [-0.2, 0) is 10.0 Å². The Morgan fingerprint density at radius 2 is 1.53 bits per heavy atom. The number of anilines is 1. The van der Waals surface area contributed by atoms with Crippen molar-refractivity contribution in [3.05, 3.63) is 59.7 Å². The second kappa shape index (κ2) is 9.18. The highest BCUT2D eigenvalue weighted by molar-refractivity contribution is 7.89. The Bertz CT molecular complexity index is 962. The molecule has 1 heterocycles. The topological polar surface area (TPSA) is 60.9 Å². The molecule has 0 aromatic heterocycles. The number of rotatable bonds is 6. The van der Waals surface area contributed by atoms with Crippen LogP contribution >= 0.6 is 0 Å². The number of sulfonamides is 1. The van der Waals surface area contributed by atoms with Crippen LogP contribution in [0.4, 0.5) is 5.69 Å². The van der Waals surface area contributed by atoms with Crippen LogP contribution in [0.1, 0.15) is 42.6 Å². The highest BCUT2D eigenvalue weighted by Gasteiger charge is 2.30. The van der Waals surface area contributed by atoms with Gasteiger partial charge in [0.2, 0.25) is 10.0 Å². The predicted octanol–water partition coefficient (Wildman–Crippen LogP) is 3.41. The first-order valence-electron chi connectivity index (χ1n) is 10.4. The van der Waals surface area contributed by atoms with Gasteiger partial charge in [-0.1, -0.05) is 26.0 Å². The molecule has 1 aliphatic rings. The summed E-state index contributed by atoms with van der Waals surface area (Å²) in [6, 6.07) is 14.7. The molecule has 0 bridgehead atoms. The maximum atomic E-state index is 13.0. The largest absolute Gasteiger partial charge is 0.375 e. The number of carbonyl (C=O) groups is 1. The Balaban J connectivity index is 1.64. The average Bonchev–Trinajstić information content (AvgIpc) is 2.78. The summed E-state index contributed by atoms with van der Waals surface area (Å²) in [6.07, 6.45) is 0. The summed E-state index contributed by atoms with van der Waals surface area (Å²) in [6.45, 7) is 8.50. The average molecular weight is 430 g/mol. The normalized spacial score (nSPS) is 15.4. The molecule has 1 saturated heterocycles. The minimum atomic E-state index is -3.55. The number of hydrogen-bond acceptors (Lipinski definition) is 4. The fourth-order valence-corrected chi connectivity index (χ4v) is 4.95. The van der Waals surface area contributed by atoms with Gasteiger partial charge < -0.3 is 9.80 Å². The molecular weight excluding hydrogens is 398 g/mol. The summed E-state index contributed by atoms with van der Waals surface area (Å²) in [5.74, 6) is 0.298. The molecule has 1 fully saturated rings. The van der Waals surface area contributed by atoms with E-state index < -0.39 is 10.0 Å². The fourth-order valence-electron chi connectivity index (χ4n) is 3.53. The number of amides is 1. The smallest absolute Gasteiger partial charge is 0.253 e. The van der Waals surface area contributed by atoms with Gasteiger partial charge in [-0.2, -0.15) is 4.31 Å². The van der Waals surface area contributed by atoms with Crippen LogP contribution in [0, 0.1) is 0 Å². The monoisotopic (exact) mass is 429 g/mol. The van der Waals surface area contributed by atoms with E-state index in [-0.39, 0.29) is 5.91 Å². The quantitative estimate of drug-likeness (QED) is 0.706. The van der Waals surface area contributed by atoms with E-state index >= 15 is 0 Å². The van der Waals surface area contributed by atoms with Crippen molar-refractivity contribution in [3.63, 3.8) is 0 Å². The van der Waals surface area contributed by atoms with Gasteiger partial charge in [0.25, 0.3) is 5.91 Å². The molecule has 0 spiro atoms. The maximum Gasteiger partial charge on any atom is 0.253 e. The summed E-state index contributed by atoms with van der Waals surface area (Å²) in [5.41, 5.74) is 2.80. The van der Waals surface area contributed by atoms with E-state index in [1.54, 1.807) is 17.0 Å². The van der Waals surface area contributed by atoms with Gasteiger partial charge in [0.1, 0.15) is 0 Å². The van der Waals surface area contributed by atoms with Gasteiger partial charge in [0.15, 0.2) is 0 Å². The first kappa shape index (κ1) is 22.3. The van der Waals surface area contributed by atoms with Gasteiger partial charge in [-0.05, 0) is 54.8 Å². The molecule has 6 nitrogen and oxygen atoms in total. The fraction of sp³-hybridized carbons (Fsp3) is 0.435. The number of nitrogens with zero attached hydrogens (tertiary/aromatic N) is 3. The van der Waals surface area contributed by atoms with Crippen molar-refractivity contribution in [2.75, 3.05) is 44.7 Å². The van der Waals surface area contributed by atoms with Crippen molar-refractivity contribution in [3.8, 4) is 0 Å². The van der Waals surface area contributed by atoms with Crippen molar-refractivity contribution < 1.29 is 13.2 Å². The van der Waals surface area contributed by atoms with Gasteiger partial charge in [0, 0.05) is 51.0 Å². The third-order valence-corrected chi connectivity index (χ3v) is 7.65. The third kappa shape index (κ3) is 4.68. The zero-order valence-electron chi connectivity index (χ0n) is 18.2. The van der Waals surface area contributed by atoms with Gasteiger partial charge >= 0.3 is 0 Å². The molecule has 0 radical (unpaired) electrons. The molecule has 3 rings (SSSR count). The molecule has 1 aliphatic heterocycles. The number of benzene rings is 2. The van der Waals surface area contributed by atoms with Crippen LogP contribution in [-0.4, -0.2) is 63.3 Å². The van der Waals surface area contributed by atoms with Crippen molar-refractivity contribution in [2.24, 2.45) is 0 Å². The van der Waals surface area contributed by atoms with E-state index in [2.05, 4.69) is 25.7 Å². The second-order valence-corrected chi connectivity index (χ2v) is 9.92. The molecule has 0 unspecified atom stereocenters. The van der Waals surface area contributed by atoms with E-state index in [9.17, 15) is 13.2 Å². The Morgan fingerprint density at radius 1 is 0.967 bits per heavy atom. The van der Waals surface area contributed by atoms with E-state index in [0.29, 0.717) is 42.6 Å². The van der Waals surface area contributed by atoms with Gasteiger partial charge in [-0.25, -0.2) is 8.42 Å². The SMILES string of the molecule is CCN(C)c1ccc(C(=O)N2CCN(S(=O)(=O)c3ccc(C(C)C)cc3)CC2)cc1. The van der Waals surface area contributed by atoms with Crippen molar-refractivity contribution in [1.82, 2.24) is 9.21 Å². The van der Waals surface area contributed by atoms with Gasteiger partial charge in [0.05, 0.1) is 4.90 Å². The molecular formula is C23H31N3O3S. The van der Waals surface area contributed by atoms with Crippen LogP contribution < -0.4 is 4.90 Å². The lowest BCUT2D eigenvalue weighted by Gasteiger charge is -2.34. The Labute approximate surface area is 180 Å². The highest BCUT2D eigenvalue weighted by Crippen LogP contribution is 2.22. The number of hydrogen-bond donors (Lipinski definition) is 0. The standard InChI is InChI=1S/C23H31N3O3S/c1-5-24(4)21-10-6-20(7-11-21)23(27)25-14-16-26(17-15-25)30(28,29)22-12-8-19(9-13-22)18(2)3/h6-13,18H,5,14-17H2,1-4H3. The van der Waals surface area contributed by atoms with Crippen LogP contribution in [0.2, 0.25) is 0 Å². The van der Waals surface area contributed by atoms with Crippen LogP contribution in [0.15, 0.2) is 53.4 Å². The molecule has 7 heteroatoms.